The number of aryl methyl sites for hydroxylation is 2. The van der Waals surface area contributed by atoms with Crippen LogP contribution < -0.4 is 4.74 Å². The average molecular weight is 348 g/mol. The Morgan fingerprint density at radius 2 is 1.85 bits per heavy atom. The highest BCUT2D eigenvalue weighted by Crippen LogP contribution is 2.28. The van der Waals surface area contributed by atoms with E-state index in [1.54, 1.807) is 6.20 Å². The second-order valence-corrected chi connectivity index (χ2v) is 5.87. The Morgan fingerprint density at radius 3 is 2.54 bits per heavy atom. The van der Waals surface area contributed by atoms with Gasteiger partial charge >= 0.3 is 0 Å². The van der Waals surface area contributed by atoms with Crippen molar-refractivity contribution >= 4 is 11.0 Å². The lowest BCUT2D eigenvalue weighted by Gasteiger charge is -2.08. The number of H-pyrrole nitrogens is 1. The Morgan fingerprint density at radius 1 is 1.08 bits per heavy atom. The molecule has 26 heavy (non-hydrogen) atoms. The van der Waals surface area contributed by atoms with Crippen LogP contribution in [0.15, 0.2) is 55.0 Å². The van der Waals surface area contributed by atoms with Crippen LogP contribution in [0.25, 0.3) is 22.2 Å². The molecule has 0 saturated heterocycles. The molecule has 1 N–H and O–H groups in total. The first-order chi connectivity index (χ1) is 12.7. The number of rotatable bonds is 4. The molecule has 0 aliphatic carbocycles. The zero-order valence-corrected chi connectivity index (χ0v) is 15.7. The molecule has 0 radical (unpaired) electrons. The molecule has 2 aromatic heterocycles. The standard InChI is InChI=1S/C19H18N4O.C2H6/c1-13-10-21-22-17(13)11-24-15-8-6-14(7-9-15)16-4-3-5-18-19(16)20-12-23(18)2;1-2/h3-10,12H,11H2,1-2H3,(H,21,22);1-2H3. The Balaban J connectivity index is 0.000000948. The molecule has 0 aliphatic rings. The van der Waals surface area contributed by atoms with Crippen LogP contribution in [0.2, 0.25) is 0 Å². The number of ether oxygens (including phenoxy) is 1. The minimum atomic E-state index is 0.487. The highest BCUT2D eigenvalue weighted by molar-refractivity contribution is 5.92. The number of hydrogen-bond donors (Lipinski definition) is 1. The molecule has 0 saturated carbocycles. The normalized spacial score (nSPS) is 10.5. The van der Waals surface area contributed by atoms with Gasteiger partial charge in [0.15, 0.2) is 0 Å². The van der Waals surface area contributed by atoms with Gasteiger partial charge in [0.1, 0.15) is 12.4 Å². The van der Waals surface area contributed by atoms with Crippen molar-refractivity contribution in [2.75, 3.05) is 0 Å². The van der Waals surface area contributed by atoms with E-state index in [9.17, 15) is 0 Å². The molecule has 0 spiro atoms. The van der Waals surface area contributed by atoms with Gasteiger partial charge in [-0.15, -0.1) is 0 Å². The number of fused-ring (bicyclic) bond motifs is 1. The molecule has 0 unspecified atom stereocenters. The quantitative estimate of drug-likeness (QED) is 0.572. The number of benzene rings is 2. The fraction of sp³-hybridized carbons (Fsp3) is 0.238. The van der Waals surface area contributed by atoms with Crippen LogP contribution >= 0.6 is 0 Å². The minimum absolute atomic E-state index is 0.487. The second kappa shape index (κ2) is 7.87. The van der Waals surface area contributed by atoms with Gasteiger partial charge in [0.25, 0.3) is 0 Å². The van der Waals surface area contributed by atoms with E-state index in [0.29, 0.717) is 6.61 Å². The fourth-order valence-electron chi connectivity index (χ4n) is 2.80. The largest absolute Gasteiger partial charge is 0.487 e. The number of para-hydroxylation sites is 1. The lowest BCUT2D eigenvalue weighted by Crippen LogP contribution is -1.97. The summed E-state index contributed by atoms with van der Waals surface area (Å²) < 4.78 is 7.85. The van der Waals surface area contributed by atoms with Crippen molar-refractivity contribution < 1.29 is 4.74 Å². The minimum Gasteiger partial charge on any atom is -0.487 e. The Bertz CT molecular complexity index is 983. The van der Waals surface area contributed by atoms with Crippen LogP contribution in [0.3, 0.4) is 0 Å². The maximum absolute atomic E-state index is 5.82. The van der Waals surface area contributed by atoms with E-state index in [1.165, 1.54) is 0 Å². The molecular weight excluding hydrogens is 324 g/mol. The molecule has 0 amide bonds. The van der Waals surface area contributed by atoms with Crippen molar-refractivity contribution in [1.82, 2.24) is 19.7 Å². The summed E-state index contributed by atoms with van der Waals surface area (Å²) in [6, 6.07) is 14.3. The molecule has 5 nitrogen and oxygen atoms in total. The summed E-state index contributed by atoms with van der Waals surface area (Å²) in [5, 5.41) is 6.95. The number of aromatic nitrogens is 4. The number of hydrogen-bond acceptors (Lipinski definition) is 3. The van der Waals surface area contributed by atoms with Gasteiger partial charge in [-0.05, 0) is 36.2 Å². The van der Waals surface area contributed by atoms with Gasteiger partial charge in [-0.3, -0.25) is 5.10 Å². The summed E-state index contributed by atoms with van der Waals surface area (Å²) in [6.07, 6.45) is 3.65. The highest BCUT2D eigenvalue weighted by Gasteiger charge is 2.08. The van der Waals surface area contributed by atoms with Gasteiger partial charge in [0.05, 0.1) is 29.3 Å². The second-order valence-electron chi connectivity index (χ2n) is 5.87. The van der Waals surface area contributed by atoms with Crippen molar-refractivity contribution in [2.45, 2.75) is 27.4 Å². The smallest absolute Gasteiger partial charge is 0.130 e. The van der Waals surface area contributed by atoms with E-state index in [-0.39, 0.29) is 0 Å². The van der Waals surface area contributed by atoms with Crippen molar-refractivity contribution in [3.05, 3.63) is 66.2 Å². The fourth-order valence-corrected chi connectivity index (χ4v) is 2.80. The third-order valence-electron chi connectivity index (χ3n) is 4.24. The lowest BCUT2D eigenvalue weighted by atomic mass is 10.0. The van der Waals surface area contributed by atoms with Gasteiger partial charge in [-0.2, -0.15) is 5.10 Å². The summed E-state index contributed by atoms with van der Waals surface area (Å²) in [5.74, 6) is 0.834. The summed E-state index contributed by atoms with van der Waals surface area (Å²) >= 11 is 0. The Hall–Kier alpha value is -3.08. The topological polar surface area (TPSA) is 55.7 Å². The molecule has 0 bridgehead atoms. The number of aromatic amines is 1. The summed E-state index contributed by atoms with van der Waals surface area (Å²) in [7, 11) is 2.01. The molecule has 0 fully saturated rings. The van der Waals surface area contributed by atoms with Gasteiger partial charge in [-0.25, -0.2) is 4.98 Å². The van der Waals surface area contributed by atoms with Gasteiger partial charge < -0.3 is 9.30 Å². The monoisotopic (exact) mass is 348 g/mol. The number of nitrogens with one attached hydrogen (secondary N) is 1. The average Bonchev–Trinajstić information content (AvgIpc) is 3.28. The van der Waals surface area contributed by atoms with Crippen LogP contribution in [0.5, 0.6) is 5.75 Å². The summed E-state index contributed by atoms with van der Waals surface area (Å²) in [5.41, 5.74) is 6.50. The first kappa shape index (κ1) is 17.7. The van der Waals surface area contributed by atoms with E-state index in [2.05, 4.69) is 45.5 Å². The van der Waals surface area contributed by atoms with Crippen LogP contribution in [-0.4, -0.2) is 19.7 Å². The molecular formula is C21H24N4O. The van der Waals surface area contributed by atoms with Gasteiger partial charge in [0.2, 0.25) is 0 Å². The van der Waals surface area contributed by atoms with Crippen molar-refractivity contribution in [1.29, 1.82) is 0 Å². The maximum Gasteiger partial charge on any atom is 0.130 e. The third-order valence-corrected chi connectivity index (χ3v) is 4.24. The lowest BCUT2D eigenvalue weighted by molar-refractivity contribution is 0.300. The molecule has 4 rings (SSSR count). The molecule has 5 heteroatoms. The molecule has 0 atom stereocenters. The van der Waals surface area contributed by atoms with Crippen LogP contribution in [0.1, 0.15) is 25.1 Å². The van der Waals surface area contributed by atoms with Crippen molar-refractivity contribution in [3.8, 4) is 16.9 Å². The van der Waals surface area contributed by atoms with Gasteiger partial charge in [-0.1, -0.05) is 38.1 Å². The van der Waals surface area contributed by atoms with Crippen LogP contribution in [0.4, 0.5) is 0 Å². The Kier molecular flexibility index (Phi) is 5.37. The number of imidazole rings is 1. The Labute approximate surface area is 153 Å². The van der Waals surface area contributed by atoms with Crippen molar-refractivity contribution in [3.63, 3.8) is 0 Å². The van der Waals surface area contributed by atoms with E-state index in [4.69, 9.17) is 4.74 Å². The zero-order valence-electron chi connectivity index (χ0n) is 15.7. The van der Waals surface area contributed by atoms with E-state index < -0.39 is 0 Å². The van der Waals surface area contributed by atoms with Crippen LogP contribution in [-0.2, 0) is 13.7 Å². The molecule has 0 aliphatic heterocycles. The van der Waals surface area contributed by atoms with E-state index in [1.807, 2.05) is 50.8 Å². The summed E-state index contributed by atoms with van der Waals surface area (Å²) in [6.45, 7) is 6.50. The predicted molar refractivity (Wildman–Crippen MR) is 105 cm³/mol. The maximum atomic E-state index is 5.82. The first-order valence-electron chi connectivity index (χ1n) is 8.84. The van der Waals surface area contributed by atoms with E-state index in [0.717, 1.165) is 39.2 Å². The summed E-state index contributed by atoms with van der Waals surface area (Å²) in [4.78, 5) is 4.52. The highest BCUT2D eigenvalue weighted by atomic mass is 16.5. The SMILES string of the molecule is CC.Cc1cn[nH]c1COc1ccc(-c2cccc3c2ncn3C)cc1. The molecule has 2 aromatic carbocycles. The number of nitrogens with zero attached hydrogens (tertiary/aromatic N) is 3. The molecule has 134 valence electrons. The van der Waals surface area contributed by atoms with Crippen LogP contribution in [0, 0.1) is 6.92 Å². The van der Waals surface area contributed by atoms with Crippen molar-refractivity contribution in [2.24, 2.45) is 7.05 Å². The molecule has 2 heterocycles. The third kappa shape index (κ3) is 3.47. The van der Waals surface area contributed by atoms with E-state index >= 15 is 0 Å². The predicted octanol–water partition coefficient (Wildman–Crippen LogP) is 4.88. The zero-order chi connectivity index (χ0) is 18.5. The first-order valence-corrected chi connectivity index (χ1v) is 8.84. The molecule has 4 aromatic rings. The van der Waals surface area contributed by atoms with Gasteiger partial charge in [0, 0.05) is 12.6 Å².